The molecule has 362 valence electrons. The van der Waals surface area contributed by atoms with E-state index in [9.17, 15) is 44.0 Å². The third kappa shape index (κ3) is 28.1. The van der Waals surface area contributed by atoms with Crippen molar-refractivity contribution in [2.75, 3.05) is 13.2 Å². The zero-order valence-corrected chi connectivity index (χ0v) is 36.4. The van der Waals surface area contributed by atoms with Gasteiger partial charge in [-0.25, -0.2) is 13.9 Å². The number of phosphoric acid groups is 2. The molecule has 16 nitrogen and oxygen atoms in total. The van der Waals surface area contributed by atoms with E-state index in [0.717, 1.165) is 32.1 Å². The SMILES string of the molecule is C#CC#CC#CC#CC#CC#CC#CC#CC(=O)OC[C@H](COP(=O)(O)OC1C(O)[C@@H](O)C(O)[C@@H](OP(=O)(O)O)[C@H]1O)OC(=O)CCCCCCCCCCCCCCC.S.[HH].[HH].[HH].[HH].[HH].[HH].[HH].[HH].[HH].[HH].[HH].[HH].[HH].[HH].[HH]. The first-order valence-corrected chi connectivity index (χ1v) is 22.1. The van der Waals surface area contributed by atoms with Gasteiger partial charge in [-0.05, 0) is 89.3 Å². The maximum absolute atomic E-state index is 12.9. The highest BCUT2D eigenvalue weighted by molar-refractivity contribution is 7.59. The predicted octanol–water partition coefficient (Wildman–Crippen LogP) is 5.82. The van der Waals surface area contributed by atoms with Crippen LogP contribution in [0.15, 0.2) is 0 Å². The molecule has 0 aromatic rings. The lowest BCUT2D eigenvalue weighted by Crippen LogP contribution is -2.64. The zero-order valence-electron chi connectivity index (χ0n) is 33.6. The number of esters is 2. The van der Waals surface area contributed by atoms with E-state index >= 15 is 0 Å². The minimum absolute atomic E-state index is 0. The average molecular weight is 937 g/mol. The highest BCUT2D eigenvalue weighted by atomic mass is 32.1. The van der Waals surface area contributed by atoms with E-state index in [1.807, 2.05) is 5.92 Å². The smallest absolute Gasteiger partial charge is 0.456 e. The van der Waals surface area contributed by atoms with Gasteiger partial charge in [-0.15, -0.1) is 6.42 Å². The first-order chi connectivity index (χ1) is 28.6. The fraction of sp³-hybridized carbons (Fsp3) is 0.571. The molecule has 1 aliphatic rings. The lowest BCUT2D eigenvalue weighted by atomic mass is 9.85. The van der Waals surface area contributed by atoms with Crippen molar-refractivity contribution >= 4 is 41.1 Å². The Morgan fingerprint density at radius 1 is 0.607 bits per heavy atom. The fourth-order valence-corrected chi connectivity index (χ4v) is 6.81. The molecule has 0 saturated heterocycles. The van der Waals surface area contributed by atoms with Crippen molar-refractivity contribution in [3.63, 3.8) is 0 Å². The van der Waals surface area contributed by atoms with Crippen LogP contribution >= 0.6 is 29.1 Å². The Morgan fingerprint density at radius 2 is 1.03 bits per heavy atom. The van der Waals surface area contributed by atoms with Crippen LogP contribution in [0.3, 0.4) is 0 Å². The molecule has 0 aromatic carbocycles. The van der Waals surface area contributed by atoms with Crippen molar-refractivity contribution in [3.8, 4) is 95.2 Å². The number of aliphatic hydroxyl groups is 4. The molecule has 0 radical (unpaired) electrons. The van der Waals surface area contributed by atoms with Crippen LogP contribution in [-0.4, -0.2) is 103 Å². The third-order valence-corrected chi connectivity index (χ3v) is 9.66. The minimum Gasteiger partial charge on any atom is -0.456 e. The molecular formula is C42H82O16P2S. The Bertz CT molecular complexity index is 2040. The van der Waals surface area contributed by atoms with Crippen LogP contribution in [0.25, 0.3) is 0 Å². The van der Waals surface area contributed by atoms with Crippen molar-refractivity contribution in [2.24, 2.45) is 0 Å². The second-order valence-electron chi connectivity index (χ2n) is 13.0. The third-order valence-electron chi connectivity index (χ3n) is 8.15. The molecule has 4 unspecified atom stereocenters. The van der Waals surface area contributed by atoms with Gasteiger partial charge in [-0.2, -0.15) is 13.5 Å². The van der Waals surface area contributed by atoms with Gasteiger partial charge in [-0.3, -0.25) is 18.4 Å². The summed E-state index contributed by atoms with van der Waals surface area (Å²) in [5.41, 5.74) is 0. The van der Waals surface area contributed by atoms with Crippen LogP contribution in [0, 0.1) is 95.2 Å². The van der Waals surface area contributed by atoms with Crippen molar-refractivity contribution in [3.05, 3.63) is 0 Å². The molecular weight excluding hydrogens is 854 g/mol. The van der Waals surface area contributed by atoms with Gasteiger partial charge in [0, 0.05) is 33.7 Å². The fourth-order valence-electron chi connectivity index (χ4n) is 5.27. The number of hydrogen-bond donors (Lipinski definition) is 7. The molecule has 0 heterocycles. The number of terminal acetylenes is 1. The summed E-state index contributed by atoms with van der Waals surface area (Å²) < 4.78 is 48.5. The van der Waals surface area contributed by atoms with Crippen molar-refractivity contribution in [1.29, 1.82) is 0 Å². The standard InChI is InChI=1S/C42H50O16P2.H2S.15H2/c1-3-5-7-9-11-13-15-17-19-20-22-24-26-28-30-35(43)54-32-34(56-36(44)31-29-27-25-23-21-18-16-14-12-10-8-6-4-2)33-55-60(52,53)58-42-39(47)37(45)38(46)41(40(42)48)57-59(49,50)51;;;;;;;;;;;;;;;;/h1,34,37-42,45-48H,4,6,8,10,12,14,16,18,21,23,25,27,29,31-33H2,2H3,(H,52,53)(H2,49,50,51);1H2;15*1H/t34-,37+,38?,39?,40-,41-,42?;;;;;;;;;;;;;;;;/m1................/s1. The van der Waals surface area contributed by atoms with Gasteiger partial charge in [0.2, 0.25) is 0 Å². The lowest BCUT2D eigenvalue weighted by Gasteiger charge is -2.43. The molecule has 61 heavy (non-hydrogen) atoms. The van der Waals surface area contributed by atoms with Crippen molar-refractivity contribution in [1.82, 2.24) is 0 Å². The predicted molar refractivity (Wildman–Crippen MR) is 258 cm³/mol. The van der Waals surface area contributed by atoms with Gasteiger partial charge in [0.05, 0.1) is 6.61 Å². The summed E-state index contributed by atoms with van der Waals surface area (Å²) >= 11 is 0. The number of aliphatic hydroxyl groups excluding tert-OH is 4. The van der Waals surface area contributed by atoms with Crippen LogP contribution in [0.1, 0.15) is 118 Å². The van der Waals surface area contributed by atoms with Crippen molar-refractivity contribution in [2.45, 2.75) is 140 Å². The number of carbonyl (C=O) groups is 2. The molecule has 0 aromatic heterocycles. The molecule has 0 bridgehead atoms. The first-order valence-electron chi connectivity index (χ1n) is 19.1. The summed E-state index contributed by atoms with van der Waals surface area (Å²) in [4.78, 5) is 53.6. The van der Waals surface area contributed by atoms with Gasteiger partial charge in [0.25, 0.3) is 0 Å². The van der Waals surface area contributed by atoms with E-state index < -0.39 is 83.5 Å². The van der Waals surface area contributed by atoms with E-state index in [1.165, 1.54) is 44.9 Å². The van der Waals surface area contributed by atoms with E-state index in [1.54, 1.807) is 0 Å². The number of phosphoric ester groups is 2. The minimum atomic E-state index is -5.40. The molecule has 0 spiro atoms. The summed E-state index contributed by atoms with van der Waals surface area (Å²) in [6, 6.07) is 0. The molecule has 7 N–H and O–H groups in total. The molecule has 1 aliphatic carbocycles. The second-order valence-corrected chi connectivity index (χ2v) is 15.6. The van der Waals surface area contributed by atoms with Crippen LogP contribution in [0.5, 0.6) is 0 Å². The van der Waals surface area contributed by atoms with Crippen LogP contribution < -0.4 is 0 Å². The average Bonchev–Trinajstić information content (AvgIpc) is 3.20. The van der Waals surface area contributed by atoms with Crippen LogP contribution in [0.4, 0.5) is 0 Å². The van der Waals surface area contributed by atoms with E-state index in [0.29, 0.717) is 6.42 Å². The maximum atomic E-state index is 12.9. The Hall–Kier alpha value is -4.17. The Balaban J connectivity index is -0.000000161. The number of hydrogen-bond acceptors (Lipinski definition) is 13. The summed E-state index contributed by atoms with van der Waals surface area (Å²) in [6.07, 6.45) is 3.74. The molecule has 0 aliphatic heterocycles. The van der Waals surface area contributed by atoms with Crippen LogP contribution in [0.2, 0.25) is 0 Å². The van der Waals surface area contributed by atoms with E-state index in [-0.39, 0.29) is 41.3 Å². The van der Waals surface area contributed by atoms with E-state index in [2.05, 4.69) is 94.3 Å². The van der Waals surface area contributed by atoms with Crippen LogP contribution in [-0.2, 0) is 41.8 Å². The Labute approximate surface area is 387 Å². The lowest BCUT2D eigenvalue weighted by molar-refractivity contribution is -0.216. The molecule has 0 amide bonds. The van der Waals surface area contributed by atoms with Gasteiger partial charge < -0.3 is 44.6 Å². The molecule has 8 atom stereocenters. The Morgan fingerprint density at radius 3 is 1.49 bits per heavy atom. The first kappa shape index (κ1) is 56.8. The number of ether oxygens (including phenoxy) is 2. The maximum Gasteiger partial charge on any atom is 0.472 e. The summed E-state index contributed by atoms with van der Waals surface area (Å²) in [5.74, 6) is 32.8. The number of unbranched alkanes of at least 4 members (excludes halogenated alkanes) is 12. The highest BCUT2D eigenvalue weighted by Crippen LogP contribution is 2.49. The monoisotopic (exact) mass is 936 g/mol. The molecule has 1 rings (SSSR count). The molecule has 19 heteroatoms. The quantitative estimate of drug-likeness (QED) is 0.0198. The topological polar surface area (TPSA) is 256 Å². The molecule has 1 saturated carbocycles. The van der Waals surface area contributed by atoms with Gasteiger partial charge in [-0.1, -0.05) is 84.0 Å². The van der Waals surface area contributed by atoms with Crippen molar-refractivity contribution < 1.29 is 98.3 Å². The van der Waals surface area contributed by atoms with Gasteiger partial charge in [0.15, 0.2) is 6.10 Å². The summed E-state index contributed by atoms with van der Waals surface area (Å²) in [5, 5.41) is 41.0. The molecule has 1 fully saturated rings. The van der Waals surface area contributed by atoms with Gasteiger partial charge >= 0.3 is 27.6 Å². The van der Waals surface area contributed by atoms with E-state index in [4.69, 9.17) is 34.7 Å². The largest absolute Gasteiger partial charge is 0.472 e. The number of rotatable bonds is 24. The highest BCUT2D eigenvalue weighted by Gasteiger charge is 2.54. The zero-order chi connectivity index (χ0) is 44.7. The normalized spacial score (nSPS) is 20.0. The summed E-state index contributed by atoms with van der Waals surface area (Å²) in [6.45, 7) is 0.497. The Kier molecular flexibility index (Phi) is 31.2. The second kappa shape index (κ2) is 33.5. The summed E-state index contributed by atoms with van der Waals surface area (Å²) in [7, 11) is -10.8. The number of carbonyl (C=O) groups excluding carboxylic acids is 2. The van der Waals surface area contributed by atoms with Gasteiger partial charge in [0.1, 0.15) is 43.2 Å².